The summed E-state index contributed by atoms with van der Waals surface area (Å²) < 4.78 is 39.1. The van der Waals surface area contributed by atoms with Crippen LogP contribution in [0, 0.1) is 18.6 Å². The monoisotopic (exact) mass is 551 g/mol. The summed E-state index contributed by atoms with van der Waals surface area (Å²) in [5.41, 5.74) is 3.06. The van der Waals surface area contributed by atoms with E-state index in [0.29, 0.717) is 28.2 Å². The van der Waals surface area contributed by atoms with Gasteiger partial charge in [-0.3, -0.25) is 19.3 Å². The van der Waals surface area contributed by atoms with E-state index in [1.807, 2.05) is 18.2 Å². The van der Waals surface area contributed by atoms with Crippen LogP contribution in [-0.4, -0.2) is 29.7 Å². The van der Waals surface area contributed by atoms with Crippen molar-refractivity contribution in [3.05, 3.63) is 130 Å². The highest BCUT2D eigenvalue weighted by atomic mass is 19.1. The van der Waals surface area contributed by atoms with Crippen molar-refractivity contribution in [3.8, 4) is 28.3 Å². The maximum absolute atomic E-state index is 15.2. The summed E-state index contributed by atoms with van der Waals surface area (Å²) in [6.07, 6.45) is 6.55. The largest absolute Gasteiger partial charge is 0.452 e. The van der Waals surface area contributed by atoms with E-state index < -0.39 is 23.0 Å². The number of carbonyl (C=O) groups is 1. The van der Waals surface area contributed by atoms with Gasteiger partial charge in [-0.05, 0) is 61.0 Å². The molecular weight excluding hydrogens is 528 g/mol. The lowest BCUT2D eigenvalue weighted by Crippen LogP contribution is -2.23. The van der Waals surface area contributed by atoms with Gasteiger partial charge in [0.25, 0.3) is 5.56 Å². The third-order valence-corrected chi connectivity index (χ3v) is 6.97. The Morgan fingerprint density at radius 2 is 1.78 bits per heavy atom. The summed E-state index contributed by atoms with van der Waals surface area (Å²) in [6.45, 7) is 1.66. The molecule has 0 spiro atoms. The summed E-state index contributed by atoms with van der Waals surface area (Å²) in [4.78, 5) is 30.6. The van der Waals surface area contributed by atoms with Gasteiger partial charge >= 0.3 is 0 Å². The van der Waals surface area contributed by atoms with Crippen LogP contribution in [0.4, 0.5) is 8.78 Å². The molecule has 0 fully saturated rings. The Morgan fingerprint density at radius 1 is 0.976 bits per heavy atom. The second-order valence-electron chi connectivity index (χ2n) is 9.50. The van der Waals surface area contributed by atoms with Gasteiger partial charge in [0, 0.05) is 54.9 Å². The van der Waals surface area contributed by atoms with E-state index >= 15 is 4.39 Å². The summed E-state index contributed by atoms with van der Waals surface area (Å²) in [5, 5.41) is 4.31. The minimum atomic E-state index is -0.659. The van der Waals surface area contributed by atoms with Crippen LogP contribution in [0.3, 0.4) is 0 Å². The lowest BCUT2D eigenvalue weighted by Gasteiger charge is -2.11. The predicted molar refractivity (Wildman–Crippen MR) is 149 cm³/mol. The van der Waals surface area contributed by atoms with Gasteiger partial charge in [-0.25, -0.2) is 18.0 Å². The lowest BCUT2D eigenvalue weighted by molar-refractivity contribution is 0.0991. The fraction of sp³-hybridized carbons (Fsp3) is 0.0968. The molecular formula is C31H23F2N5O3. The topological polar surface area (TPSA) is 83.4 Å². The number of ether oxygens (including phenoxy) is 1. The van der Waals surface area contributed by atoms with Gasteiger partial charge in [0.2, 0.25) is 0 Å². The molecule has 4 aromatic heterocycles. The first-order valence-corrected chi connectivity index (χ1v) is 12.7. The van der Waals surface area contributed by atoms with Crippen LogP contribution in [0.1, 0.15) is 21.6 Å². The first kappa shape index (κ1) is 25.9. The third-order valence-electron chi connectivity index (χ3n) is 6.97. The van der Waals surface area contributed by atoms with Crippen LogP contribution >= 0.6 is 0 Å². The van der Waals surface area contributed by atoms with Gasteiger partial charge < -0.3 is 4.74 Å². The summed E-state index contributed by atoms with van der Waals surface area (Å²) in [5.74, 6) is -1.18. The van der Waals surface area contributed by atoms with Crippen molar-refractivity contribution in [1.29, 1.82) is 0 Å². The van der Waals surface area contributed by atoms with Crippen molar-refractivity contribution in [1.82, 2.24) is 24.0 Å². The van der Waals surface area contributed by atoms with E-state index in [4.69, 9.17) is 4.74 Å². The molecule has 41 heavy (non-hydrogen) atoms. The molecule has 204 valence electrons. The Kier molecular flexibility index (Phi) is 6.50. The van der Waals surface area contributed by atoms with Crippen LogP contribution in [-0.2, 0) is 13.5 Å². The van der Waals surface area contributed by atoms with Crippen molar-refractivity contribution in [2.24, 2.45) is 7.05 Å². The summed E-state index contributed by atoms with van der Waals surface area (Å²) >= 11 is 0. The standard InChI is InChI=1S/C31H23F2N5O3/c1-19-29(31(40)38(36(19)2)23-8-6-22(32)7-9-23)26(39)17-20-5-10-27(25(33)16-20)41-28-11-14-35-37-15-12-24(30(28)37)21-4-3-13-34-18-21/h3-16,18H,17H2,1-2H3. The SMILES string of the molecule is Cc1c(C(=O)Cc2ccc(Oc3ccnn4ccc(-c5cccnc5)c34)c(F)c2)c(=O)n(-c2ccc(F)cc2)n1C. The van der Waals surface area contributed by atoms with Crippen LogP contribution in [0.5, 0.6) is 11.5 Å². The van der Waals surface area contributed by atoms with Crippen LogP contribution < -0.4 is 10.3 Å². The number of fused-ring (bicyclic) bond motifs is 1. The zero-order valence-corrected chi connectivity index (χ0v) is 22.1. The first-order chi connectivity index (χ1) is 19.8. The number of ketones is 1. The first-order valence-electron chi connectivity index (χ1n) is 12.7. The van der Waals surface area contributed by atoms with E-state index in [-0.39, 0.29) is 17.7 Å². The number of nitrogens with zero attached hydrogens (tertiary/aromatic N) is 5. The third kappa shape index (κ3) is 4.69. The number of benzene rings is 2. The molecule has 0 aliphatic rings. The van der Waals surface area contributed by atoms with E-state index in [0.717, 1.165) is 11.1 Å². The van der Waals surface area contributed by atoms with Crippen LogP contribution in [0.25, 0.3) is 22.3 Å². The number of hydrogen-bond acceptors (Lipinski definition) is 5. The van der Waals surface area contributed by atoms with E-state index in [1.165, 1.54) is 45.8 Å². The molecule has 0 bridgehead atoms. The van der Waals surface area contributed by atoms with Gasteiger partial charge in [-0.15, -0.1) is 0 Å². The molecule has 4 heterocycles. The Bertz CT molecular complexity index is 1980. The molecule has 2 aromatic carbocycles. The van der Waals surface area contributed by atoms with E-state index in [2.05, 4.69) is 10.1 Å². The Hall–Kier alpha value is -5.38. The maximum atomic E-state index is 15.2. The number of halogens is 2. The van der Waals surface area contributed by atoms with E-state index in [1.54, 1.807) is 55.4 Å². The molecule has 0 amide bonds. The molecule has 0 aliphatic carbocycles. The van der Waals surface area contributed by atoms with Gasteiger partial charge in [0.15, 0.2) is 23.1 Å². The second kappa shape index (κ2) is 10.3. The second-order valence-corrected chi connectivity index (χ2v) is 9.50. The number of Topliss-reactive ketones (excluding diaryl/α,β-unsaturated/α-hetero) is 1. The molecule has 0 radical (unpaired) electrons. The van der Waals surface area contributed by atoms with Gasteiger partial charge in [-0.2, -0.15) is 5.10 Å². The van der Waals surface area contributed by atoms with Crippen molar-refractivity contribution < 1.29 is 18.3 Å². The maximum Gasteiger partial charge on any atom is 0.282 e. The number of rotatable bonds is 7. The highest BCUT2D eigenvalue weighted by molar-refractivity contribution is 5.98. The average Bonchev–Trinajstić information content (AvgIpc) is 3.50. The highest BCUT2D eigenvalue weighted by Gasteiger charge is 2.23. The predicted octanol–water partition coefficient (Wildman–Crippen LogP) is 5.69. The zero-order chi connectivity index (χ0) is 28.7. The van der Waals surface area contributed by atoms with Gasteiger partial charge in [0.1, 0.15) is 16.9 Å². The van der Waals surface area contributed by atoms with Crippen molar-refractivity contribution >= 4 is 11.3 Å². The Balaban J connectivity index is 1.27. The quantitative estimate of drug-likeness (QED) is 0.238. The average molecular weight is 552 g/mol. The van der Waals surface area contributed by atoms with Crippen molar-refractivity contribution in [2.45, 2.75) is 13.3 Å². The molecule has 0 unspecified atom stereocenters. The molecule has 6 rings (SSSR count). The van der Waals surface area contributed by atoms with Crippen molar-refractivity contribution in [2.75, 3.05) is 0 Å². The summed E-state index contributed by atoms with van der Waals surface area (Å²) in [7, 11) is 1.64. The number of carbonyl (C=O) groups excluding carboxylic acids is 1. The van der Waals surface area contributed by atoms with E-state index in [9.17, 15) is 14.0 Å². The molecule has 0 saturated heterocycles. The van der Waals surface area contributed by atoms with Gasteiger partial charge in [0.05, 0.1) is 11.9 Å². The lowest BCUT2D eigenvalue weighted by atomic mass is 10.0. The van der Waals surface area contributed by atoms with Crippen molar-refractivity contribution in [3.63, 3.8) is 0 Å². The fourth-order valence-corrected chi connectivity index (χ4v) is 4.88. The Morgan fingerprint density at radius 3 is 2.51 bits per heavy atom. The highest BCUT2D eigenvalue weighted by Crippen LogP contribution is 2.34. The molecule has 0 aliphatic heterocycles. The molecule has 6 aromatic rings. The number of hydrogen-bond donors (Lipinski definition) is 0. The number of pyridine rings is 1. The molecule has 0 saturated carbocycles. The molecule has 8 nitrogen and oxygen atoms in total. The fourth-order valence-electron chi connectivity index (χ4n) is 4.88. The van der Waals surface area contributed by atoms with Crippen LogP contribution in [0.15, 0.2) is 96.3 Å². The smallest absolute Gasteiger partial charge is 0.282 e. The molecule has 10 heteroatoms. The van der Waals surface area contributed by atoms with Crippen LogP contribution in [0.2, 0.25) is 0 Å². The van der Waals surface area contributed by atoms with Gasteiger partial charge in [-0.1, -0.05) is 12.1 Å². The minimum absolute atomic E-state index is 0.00657. The zero-order valence-electron chi connectivity index (χ0n) is 22.1. The molecule has 0 N–H and O–H groups in total. The minimum Gasteiger partial charge on any atom is -0.452 e. The summed E-state index contributed by atoms with van der Waals surface area (Å²) in [6, 6.07) is 16.9. The number of aromatic nitrogens is 5. The Labute approximate surface area is 232 Å². The normalized spacial score (nSPS) is 11.2. The molecule has 0 atom stereocenters.